The highest BCUT2D eigenvalue weighted by Gasteiger charge is 2.43. The summed E-state index contributed by atoms with van der Waals surface area (Å²) in [7, 11) is -0.574. The molecule has 238 valence electrons. The van der Waals surface area contributed by atoms with Gasteiger partial charge in [-0.3, -0.25) is 4.79 Å². The van der Waals surface area contributed by atoms with Crippen LogP contribution in [0.4, 0.5) is 0 Å². The molecule has 0 amide bonds. The molecule has 0 radical (unpaired) electrons. The molecule has 2 heterocycles. The predicted octanol–water partition coefficient (Wildman–Crippen LogP) is 8.72. The van der Waals surface area contributed by atoms with E-state index in [2.05, 4.69) is 46.9 Å². The summed E-state index contributed by atoms with van der Waals surface area (Å²) in [5, 5.41) is 0.0621. The van der Waals surface area contributed by atoms with Gasteiger partial charge in [-0.15, -0.1) is 22.9 Å². The number of esters is 1. The molecular formula is C33H53ClO6SSi. The molecule has 3 rings (SSSR count). The highest BCUT2D eigenvalue weighted by atomic mass is 35.5. The van der Waals surface area contributed by atoms with Crippen LogP contribution in [0.25, 0.3) is 0 Å². The molecule has 1 saturated carbocycles. The fourth-order valence-corrected chi connectivity index (χ4v) is 8.56. The third-order valence-electron chi connectivity index (χ3n) is 9.13. The second-order valence-corrected chi connectivity index (χ2v) is 19.9. The summed E-state index contributed by atoms with van der Waals surface area (Å²) in [6, 6.07) is 3.84. The van der Waals surface area contributed by atoms with Gasteiger partial charge in [0.2, 0.25) is 0 Å². The van der Waals surface area contributed by atoms with E-state index in [1.807, 2.05) is 12.1 Å². The van der Waals surface area contributed by atoms with E-state index in [1.54, 1.807) is 6.08 Å². The van der Waals surface area contributed by atoms with Crippen molar-refractivity contribution in [3.05, 3.63) is 34.0 Å². The van der Waals surface area contributed by atoms with Gasteiger partial charge in [-0.2, -0.15) is 0 Å². The van der Waals surface area contributed by atoms with Crippen molar-refractivity contribution in [2.75, 3.05) is 13.7 Å². The Labute approximate surface area is 264 Å². The van der Waals surface area contributed by atoms with E-state index >= 15 is 0 Å². The van der Waals surface area contributed by atoms with Gasteiger partial charge in [-0.25, -0.2) is 4.79 Å². The number of halogens is 1. The zero-order chi connectivity index (χ0) is 30.9. The first-order chi connectivity index (χ1) is 19.8. The van der Waals surface area contributed by atoms with Crippen LogP contribution in [0.3, 0.4) is 0 Å². The SMILES string of the molecule is CCCC(CC(=O)C=C[C@@H]1[C@@H](CCCc2ccc(C(=O)OC)s2)[C@H](Cl)C[C@H]1OC1CCCCO1)O[Si](C)(C)C(C)(C)C. The lowest BCUT2D eigenvalue weighted by Crippen LogP contribution is -2.44. The number of thiophene rings is 1. The first-order valence-corrected chi connectivity index (χ1v) is 20.0. The maximum atomic E-state index is 13.3. The predicted molar refractivity (Wildman–Crippen MR) is 174 cm³/mol. The Morgan fingerprint density at radius 3 is 2.64 bits per heavy atom. The van der Waals surface area contributed by atoms with Gasteiger partial charge in [-0.1, -0.05) is 40.2 Å². The lowest BCUT2D eigenvalue weighted by atomic mass is 9.89. The number of allylic oxidation sites excluding steroid dienone is 1. The average Bonchev–Trinajstić information content (AvgIpc) is 3.51. The second kappa shape index (κ2) is 16.3. The number of carbonyl (C=O) groups is 2. The fraction of sp³-hybridized carbons (Fsp3) is 0.758. The van der Waals surface area contributed by atoms with Crippen LogP contribution in [0.2, 0.25) is 18.1 Å². The Morgan fingerprint density at radius 1 is 1.24 bits per heavy atom. The molecule has 9 heteroatoms. The van der Waals surface area contributed by atoms with Crippen molar-refractivity contribution in [2.45, 2.75) is 134 Å². The highest BCUT2D eigenvalue weighted by molar-refractivity contribution is 7.13. The Kier molecular flexibility index (Phi) is 13.8. The zero-order valence-corrected chi connectivity index (χ0v) is 29.4. The maximum Gasteiger partial charge on any atom is 0.348 e. The molecule has 6 atom stereocenters. The van der Waals surface area contributed by atoms with E-state index in [-0.39, 0.29) is 52.5 Å². The van der Waals surface area contributed by atoms with Crippen LogP contribution in [-0.4, -0.2) is 57.7 Å². The van der Waals surface area contributed by atoms with Gasteiger partial charge in [0.1, 0.15) is 4.88 Å². The average molecular weight is 641 g/mol. The van der Waals surface area contributed by atoms with Crippen LogP contribution in [0.5, 0.6) is 0 Å². The summed E-state index contributed by atoms with van der Waals surface area (Å²) in [4.78, 5) is 26.9. The number of methoxy groups -OCH3 is 1. The monoisotopic (exact) mass is 640 g/mol. The Morgan fingerprint density at radius 2 is 2.00 bits per heavy atom. The summed E-state index contributed by atoms with van der Waals surface area (Å²) >= 11 is 8.46. The van der Waals surface area contributed by atoms with E-state index in [1.165, 1.54) is 18.4 Å². The van der Waals surface area contributed by atoms with Crippen LogP contribution >= 0.6 is 22.9 Å². The van der Waals surface area contributed by atoms with Gasteiger partial charge in [0.15, 0.2) is 20.4 Å². The quantitative estimate of drug-likeness (QED) is 0.0826. The molecule has 0 spiro atoms. The normalized spacial score (nSPS) is 26.0. The molecule has 1 aromatic heterocycles. The number of rotatable bonds is 15. The topological polar surface area (TPSA) is 71.1 Å². The minimum atomic E-state index is -1.98. The Bertz CT molecular complexity index is 1030. The van der Waals surface area contributed by atoms with Crippen LogP contribution < -0.4 is 0 Å². The van der Waals surface area contributed by atoms with Gasteiger partial charge in [0.25, 0.3) is 0 Å². The molecule has 1 aliphatic heterocycles. The van der Waals surface area contributed by atoms with Gasteiger partial charge in [0.05, 0.1) is 19.3 Å². The minimum Gasteiger partial charge on any atom is -0.465 e. The molecule has 1 aromatic rings. The number of alkyl halides is 1. The standard InChI is InChI=1S/C33H53ClO6SSi/c1-8-12-24(40-42(6,7)33(2,3)4)21-23(35)16-18-27-26(14-11-13-25-17-19-30(41-25)32(36)37-5)28(34)22-29(27)39-31-15-9-10-20-38-31/h16-19,24,26-29,31H,8-15,20-22H2,1-7H3/t24?,26-,27-,28-,29-,31?/m1/s1. The molecule has 42 heavy (non-hydrogen) atoms. The first kappa shape index (κ1) is 35.4. The van der Waals surface area contributed by atoms with Crippen molar-refractivity contribution in [2.24, 2.45) is 11.8 Å². The van der Waals surface area contributed by atoms with E-state index in [0.29, 0.717) is 11.3 Å². The molecular weight excluding hydrogens is 588 g/mol. The van der Waals surface area contributed by atoms with E-state index in [0.717, 1.165) is 69.3 Å². The Hall–Kier alpha value is -1.03. The molecule has 0 aromatic carbocycles. The smallest absolute Gasteiger partial charge is 0.348 e. The van der Waals surface area contributed by atoms with Crippen LogP contribution in [-0.2, 0) is 29.9 Å². The number of aryl methyl sites for hydroxylation is 1. The number of ketones is 1. The van der Waals surface area contributed by atoms with Crippen molar-refractivity contribution in [3.63, 3.8) is 0 Å². The largest absolute Gasteiger partial charge is 0.465 e. The molecule has 2 unspecified atom stereocenters. The number of carbonyl (C=O) groups excluding carboxylic acids is 2. The zero-order valence-electron chi connectivity index (χ0n) is 26.8. The fourth-order valence-electron chi connectivity index (χ4n) is 5.73. The van der Waals surface area contributed by atoms with Crippen molar-refractivity contribution < 1.29 is 28.2 Å². The van der Waals surface area contributed by atoms with Crippen molar-refractivity contribution in [3.8, 4) is 0 Å². The summed E-state index contributed by atoms with van der Waals surface area (Å²) in [6.45, 7) is 14.1. The lowest BCUT2D eigenvalue weighted by molar-refractivity contribution is -0.192. The third kappa shape index (κ3) is 10.3. The molecule has 2 aliphatic rings. The second-order valence-electron chi connectivity index (χ2n) is 13.4. The summed E-state index contributed by atoms with van der Waals surface area (Å²) in [5.74, 6) is 0.0465. The molecule has 2 fully saturated rings. The van der Waals surface area contributed by atoms with Crippen LogP contribution in [0, 0.1) is 11.8 Å². The minimum absolute atomic E-state index is 0.0351. The summed E-state index contributed by atoms with van der Waals surface area (Å²) < 4.78 is 23.9. The lowest BCUT2D eigenvalue weighted by Gasteiger charge is -2.39. The molecule has 1 saturated heterocycles. The number of ether oxygens (including phenoxy) is 3. The van der Waals surface area contributed by atoms with Crippen LogP contribution in [0.1, 0.15) is 100 Å². The van der Waals surface area contributed by atoms with E-state index in [9.17, 15) is 9.59 Å². The van der Waals surface area contributed by atoms with E-state index in [4.69, 9.17) is 30.2 Å². The highest BCUT2D eigenvalue weighted by Crippen LogP contribution is 2.43. The molecule has 6 nitrogen and oxygen atoms in total. The molecule has 0 bridgehead atoms. The maximum absolute atomic E-state index is 13.3. The first-order valence-electron chi connectivity index (χ1n) is 15.8. The summed E-state index contributed by atoms with van der Waals surface area (Å²) in [6.07, 6.45) is 12.3. The molecule has 1 aliphatic carbocycles. The van der Waals surface area contributed by atoms with Gasteiger partial charge in [0, 0.05) is 29.2 Å². The van der Waals surface area contributed by atoms with Gasteiger partial charge < -0.3 is 18.6 Å². The third-order valence-corrected chi connectivity index (χ3v) is 15.3. The van der Waals surface area contributed by atoms with Crippen molar-refractivity contribution in [1.29, 1.82) is 0 Å². The van der Waals surface area contributed by atoms with Crippen LogP contribution in [0.15, 0.2) is 24.3 Å². The number of hydrogen-bond donors (Lipinski definition) is 0. The Balaban J connectivity index is 1.68. The summed E-state index contributed by atoms with van der Waals surface area (Å²) in [5.41, 5.74) is 0. The number of hydrogen-bond acceptors (Lipinski definition) is 7. The van der Waals surface area contributed by atoms with Gasteiger partial charge >= 0.3 is 5.97 Å². The van der Waals surface area contributed by atoms with Gasteiger partial charge in [-0.05, 0) is 93.6 Å². The van der Waals surface area contributed by atoms with E-state index < -0.39 is 8.32 Å². The van der Waals surface area contributed by atoms with Crippen molar-refractivity contribution >= 4 is 43.0 Å². The molecule has 0 N–H and O–H groups in total. The van der Waals surface area contributed by atoms with Crippen molar-refractivity contribution in [1.82, 2.24) is 0 Å².